The van der Waals surface area contributed by atoms with Crippen molar-refractivity contribution in [2.24, 2.45) is 11.7 Å². The van der Waals surface area contributed by atoms with Crippen LogP contribution in [-0.4, -0.2) is 6.61 Å². The Labute approximate surface area is 127 Å². The van der Waals surface area contributed by atoms with Crippen LogP contribution in [0.4, 0.5) is 0 Å². The minimum absolute atomic E-state index is 0.0993. The third-order valence-electron chi connectivity index (χ3n) is 3.56. The number of nitrogens with two attached hydrogens (primary N) is 1. The van der Waals surface area contributed by atoms with Gasteiger partial charge >= 0.3 is 0 Å². The molecule has 0 aliphatic heterocycles. The lowest BCUT2D eigenvalue weighted by atomic mass is 10.00. The van der Waals surface area contributed by atoms with Gasteiger partial charge in [-0.2, -0.15) is 0 Å². The largest absolute Gasteiger partial charge is 0.491 e. The van der Waals surface area contributed by atoms with Crippen molar-refractivity contribution >= 4 is 0 Å². The van der Waals surface area contributed by atoms with Crippen molar-refractivity contribution < 1.29 is 4.74 Å². The molecule has 0 saturated heterocycles. The number of hydrogen-bond acceptors (Lipinski definition) is 2. The average molecular weight is 283 g/mol. The minimum Gasteiger partial charge on any atom is -0.491 e. The first kappa shape index (κ1) is 15.6. The quantitative estimate of drug-likeness (QED) is 0.859. The molecule has 0 spiro atoms. The number of para-hydroxylation sites is 1. The van der Waals surface area contributed by atoms with Crippen molar-refractivity contribution in [3.63, 3.8) is 0 Å². The highest BCUT2D eigenvalue weighted by molar-refractivity contribution is 5.32. The van der Waals surface area contributed by atoms with E-state index in [0.717, 1.165) is 23.3 Å². The van der Waals surface area contributed by atoms with Crippen molar-refractivity contribution in [1.29, 1.82) is 0 Å². The van der Waals surface area contributed by atoms with Crippen molar-refractivity contribution in [2.75, 3.05) is 6.61 Å². The Morgan fingerprint density at radius 3 is 2.29 bits per heavy atom. The Balaban J connectivity index is 1.94. The maximum Gasteiger partial charge on any atom is 0.122 e. The Hall–Kier alpha value is -1.80. The molecular formula is C19H25NO. The molecule has 0 radical (unpaired) electrons. The topological polar surface area (TPSA) is 35.2 Å². The molecule has 2 heteroatoms. The molecule has 2 N–H and O–H groups in total. The van der Waals surface area contributed by atoms with E-state index in [0.29, 0.717) is 12.5 Å². The van der Waals surface area contributed by atoms with Gasteiger partial charge in [0.15, 0.2) is 0 Å². The molecule has 1 unspecified atom stereocenters. The van der Waals surface area contributed by atoms with Crippen LogP contribution in [0, 0.1) is 12.8 Å². The van der Waals surface area contributed by atoms with E-state index in [2.05, 4.69) is 38.1 Å². The maximum atomic E-state index is 6.22. The second kappa shape index (κ2) is 7.28. The van der Waals surface area contributed by atoms with Gasteiger partial charge in [-0.25, -0.2) is 0 Å². The highest BCUT2D eigenvalue weighted by Crippen LogP contribution is 2.19. The van der Waals surface area contributed by atoms with Crippen molar-refractivity contribution in [1.82, 2.24) is 0 Å². The second-order valence-electron chi connectivity index (χ2n) is 6.02. The number of hydrogen-bond donors (Lipinski definition) is 1. The van der Waals surface area contributed by atoms with Crippen LogP contribution >= 0.6 is 0 Å². The molecule has 2 aromatic carbocycles. The normalized spacial score (nSPS) is 12.4. The van der Waals surface area contributed by atoms with Crippen molar-refractivity contribution in [3.8, 4) is 5.75 Å². The summed E-state index contributed by atoms with van der Waals surface area (Å²) in [5.41, 5.74) is 9.84. The van der Waals surface area contributed by atoms with Gasteiger partial charge in [0, 0.05) is 0 Å². The van der Waals surface area contributed by atoms with E-state index < -0.39 is 0 Å². The lowest BCUT2D eigenvalue weighted by Gasteiger charge is -2.15. The third-order valence-corrected chi connectivity index (χ3v) is 3.56. The molecule has 0 aromatic heterocycles. The summed E-state index contributed by atoms with van der Waals surface area (Å²) in [6.07, 6.45) is 1.11. The zero-order chi connectivity index (χ0) is 15.2. The smallest absolute Gasteiger partial charge is 0.122 e. The molecule has 2 aromatic rings. The van der Waals surface area contributed by atoms with Crippen LogP contribution in [0.15, 0.2) is 48.5 Å². The van der Waals surface area contributed by atoms with Gasteiger partial charge in [0.05, 0.1) is 6.04 Å². The fourth-order valence-electron chi connectivity index (χ4n) is 2.37. The number of ether oxygens (including phenoxy) is 1. The van der Waals surface area contributed by atoms with E-state index in [1.807, 2.05) is 31.2 Å². The minimum atomic E-state index is -0.0993. The van der Waals surface area contributed by atoms with Crippen LogP contribution in [0.3, 0.4) is 0 Å². The molecule has 0 heterocycles. The SMILES string of the molecule is Cc1ccccc1OCC(N)c1ccc(CC(C)C)cc1. The predicted octanol–water partition coefficient (Wildman–Crippen LogP) is 4.27. The van der Waals surface area contributed by atoms with Gasteiger partial charge in [-0.05, 0) is 42.0 Å². The number of aryl methyl sites for hydroxylation is 1. The summed E-state index contributed by atoms with van der Waals surface area (Å²) in [5, 5.41) is 0. The molecule has 2 nitrogen and oxygen atoms in total. The summed E-state index contributed by atoms with van der Waals surface area (Å²) in [7, 11) is 0. The summed E-state index contributed by atoms with van der Waals surface area (Å²) < 4.78 is 5.82. The summed E-state index contributed by atoms with van der Waals surface area (Å²) in [5.74, 6) is 1.58. The zero-order valence-corrected chi connectivity index (χ0v) is 13.2. The van der Waals surface area contributed by atoms with Crippen LogP contribution < -0.4 is 10.5 Å². The summed E-state index contributed by atoms with van der Waals surface area (Å²) in [4.78, 5) is 0. The summed E-state index contributed by atoms with van der Waals surface area (Å²) in [6, 6.07) is 16.5. The van der Waals surface area contributed by atoms with E-state index in [4.69, 9.17) is 10.5 Å². The standard InChI is InChI=1S/C19H25NO/c1-14(2)12-16-8-10-17(11-9-16)18(20)13-21-19-7-5-4-6-15(19)3/h4-11,14,18H,12-13,20H2,1-3H3. The summed E-state index contributed by atoms with van der Waals surface area (Å²) in [6.45, 7) is 7.00. The van der Waals surface area contributed by atoms with Gasteiger partial charge in [-0.15, -0.1) is 0 Å². The first-order valence-corrected chi connectivity index (χ1v) is 7.59. The third kappa shape index (κ3) is 4.61. The van der Waals surface area contributed by atoms with Gasteiger partial charge in [0.25, 0.3) is 0 Å². The van der Waals surface area contributed by atoms with Crippen molar-refractivity contribution in [3.05, 3.63) is 65.2 Å². The van der Waals surface area contributed by atoms with Gasteiger partial charge < -0.3 is 10.5 Å². The Kier molecular flexibility index (Phi) is 5.40. The van der Waals surface area contributed by atoms with Gasteiger partial charge in [-0.3, -0.25) is 0 Å². The lowest BCUT2D eigenvalue weighted by Crippen LogP contribution is -2.19. The van der Waals surface area contributed by atoms with E-state index in [1.54, 1.807) is 0 Å². The molecule has 0 aliphatic rings. The molecular weight excluding hydrogens is 258 g/mol. The second-order valence-corrected chi connectivity index (χ2v) is 6.02. The number of rotatable bonds is 6. The fraction of sp³-hybridized carbons (Fsp3) is 0.368. The molecule has 0 amide bonds. The summed E-state index contributed by atoms with van der Waals surface area (Å²) >= 11 is 0. The van der Waals surface area contributed by atoms with Crippen LogP contribution in [0.5, 0.6) is 5.75 Å². The van der Waals surface area contributed by atoms with E-state index in [1.165, 1.54) is 5.56 Å². The van der Waals surface area contributed by atoms with E-state index in [9.17, 15) is 0 Å². The molecule has 0 bridgehead atoms. The number of benzene rings is 2. The maximum absolute atomic E-state index is 6.22. The zero-order valence-electron chi connectivity index (χ0n) is 13.2. The van der Waals surface area contributed by atoms with Crippen LogP contribution in [0.25, 0.3) is 0 Å². The van der Waals surface area contributed by atoms with Crippen molar-refractivity contribution in [2.45, 2.75) is 33.2 Å². The first-order valence-electron chi connectivity index (χ1n) is 7.59. The van der Waals surface area contributed by atoms with Gasteiger partial charge in [-0.1, -0.05) is 56.3 Å². The van der Waals surface area contributed by atoms with Crippen LogP contribution in [0.1, 0.15) is 36.6 Å². The average Bonchev–Trinajstić information content (AvgIpc) is 2.46. The first-order chi connectivity index (χ1) is 10.1. The van der Waals surface area contributed by atoms with Crippen LogP contribution in [0.2, 0.25) is 0 Å². The Morgan fingerprint density at radius 2 is 1.67 bits per heavy atom. The lowest BCUT2D eigenvalue weighted by molar-refractivity contribution is 0.289. The molecule has 0 fully saturated rings. The van der Waals surface area contributed by atoms with Gasteiger partial charge in [0.2, 0.25) is 0 Å². The highest BCUT2D eigenvalue weighted by atomic mass is 16.5. The fourth-order valence-corrected chi connectivity index (χ4v) is 2.37. The molecule has 0 saturated carbocycles. The highest BCUT2D eigenvalue weighted by Gasteiger charge is 2.08. The predicted molar refractivity (Wildman–Crippen MR) is 88.6 cm³/mol. The Bertz CT molecular complexity index is 560. The Morgan fingerprint density at radius 1 is 1.00 bits per heavy atom. The monoisotopic (exact) mass is 283 g/mol. The molecule has 0 aliphatic carbocycles. The molecule has 21 heavy (non-hydrogen) atoms. The van der Waals surface area contributed by atoms with E-state index >= 15 is 0 Å². The molecule has 112 valence electrons. The van der Waals surface area contributed by atoms with E-state index in [-0.39, 0.29) is 6.04 Å². The van der Waals surface area contributed by atoms with Gasteiger partial charge in [0.1, 0.15) is 12.4 Å². The van der Waals surface area contributed by atoms with Crippen LogP contribution in [-0.2, 0) is 6.42 Å². The molecule has 1 atom stereocenters. The molecule has 2 rings (SSSR count).